The van der Waals surface area contributed by atoms with Crippen molar-refractivity contribution < 1.29 is 0 Å². The van der Waals surface area contributed by atoms with E-state index in [0.717, 1.165) is 0 Å². The van der Waals surface area contributed by atoms with Crippen molar-refractivity contribution >= 4 is 23.5 Å². The molecule has 1 rings (SSSR count). The Bertz CT molecular complexity index is 21.0. The van der Waals surface area contributed by atoms with E-state index in [4.69, 9.17) is 0 Å². The fourth-order valence-electron chi connectivity index (χ4n) is 0.311. The molecular formula is C4H6S2. The largest absolute Gasteiger partial charge is 0.160 e. The zero-order valence-corrected chi connectivity index (χ0v) is 5.02. The molecule has 0 amide bonds. The van der Waals surface area contributed by atoms with Gasteiger partial charge in [-0.05, 0) is 0 Å². The highest BCUT2D eigenvalue weighted by molar-refractivity contribution is 8.09. The second-order valence-corrected chi connectivity index (χ2v) is 3.02. The second kappa shape index (κ2) is 2.80. The third-order valence-electron chi connectivity index (χ3n) is 0.564. The molecule has 1 aliphatic rings. The van der Waals surface area contributed by atoms with Gasteiger partial charge in [0.2, 0.25) is 0 Å². The van der Waals surface area contributed by atoms with Gasteiger partial charge in [-0.1, -0.05) is 0 Å². The molecule has 1 fully saturated rings. The molecule has 0 aromatic rings. The van der Waals surface area contributed by atoms with Crippen molar-refractivity contribution in [2.24, 2.45) is 0 Å². The highest BCUT2D eigenvalue weighted by Gasteiger charge is 1.96. The highest BCUT2D eigenvalue weighted by Crippen LogP contribution is 2.22. The Morgan fingerprint density at radius 1 is 1.17 bits per heavy atom. The molecule has 0 unspecified atom stereocenters. The van der Waals surface area contributed by atoms with Gasteiger partial charge in [-0.2, -0.15) is 23.5 Å². The fourth-order valence-corrected chi connectivity index (χ4v) is 1.98. The normalized spacial score (nSPS) is 24.0. The monoisotopic (exact) mass is 118 g/mol. The first-order chi connectivity index (χ1) is 3.00. The van der Waals surface area contributed by atoms with Crippen LogP contribution in [-0.4, -0.2) is 11.5 Å². The first kappa shape index (κ1) is 4.85. The molecule has 0 saturated carbocycles. The molecule has 1 saturated heterocycles. The van der Waals surface area contributed by atoms with Crippen LogP contribution >= 0.6 is 23.5 Å². The second-order valence-electron chi connectivity index (χ2n) is 1.01. The summed E-state index contributed by atoms with van der Waals surface area (Å²) in [5, 5.41) is 0. The lowest BCUT2D eigenvalue weighted by Crippen LogP contribution is -1.87. The van der Waals surface area contributed by atoms with Crippen LogP contribution in [0.3, 0.4) is 0 Å². The lowest BCUT2D eigenvalue weighted by molar-refractivity contribution is 1.63. The lowest BCUT2D eigenvalue weighted by Gasteiger charge is -2.04. The van der Waals surface area contributed by atoms with Crippen molar-refractivity contribution in [3.63, 3.8) is 0 Å². The Kier molecular flexibility index (Phi) is 2.27. The Labute approximate surface area is 47.1 Å². The number of hydrogen-bond donors (Lipinski definition) is 0. The van der Waals surface area contributed by atoms with E-state index in [1.165, 1.54) is 11.5 Å². The van der Waals surface area contributed by atoms with Crippen LogP contribution in [0.25, 0.3) is 0 Å². The summed E-state index contributed by atoms with van der Waals surface area (Å²) in [7, 11) is 0. The number of thioether (sulfide) groups is 2. The number of hydrogen-bond acceptors (Lipinski definition) is 2. The Hall–Kier alpha value is 0.700. The Balaban J connectivity index is 2.00. The minimum absolute atomic E-state index is 1.22. The molecule has 0 nitrogen and oxygen atoms in total. The van der Waals surface area contributed by atoms with E-state index >= 15 is 0 Å². The van der Waals surface area contributed by atoms with Gasteiger partial charge < -0.3 is 0 Å². The first-order valence-corrected chi connectivity index (χ1v) is 3.96. The fraction of sp³-hybridized carbons (Fsp3) is 0.500. The predicted molar refractivity (Wildman–Crippen MR) is 33.5 cm³/mol. The van der Waals surface area contributed by atoms with E-state index in [1.54, 1.807) is 0 Å². The highest BCUT2D eigenvalue weighted by atomic mass is 32.2. The molecule has 6 heavy (non-hydrogen) atoms. The summed E-state index contributed by atoms with van der Waals surface area (Å²) in [5.41, 5.74) is 0. The minimum Gasteiger partial charge on any atom is -0.160 e. The van der Waals surface area contributed by atoms with E-state index in [0.29, 0.717) is 0 Å². The van der Waals surface area contributed by atoms with Crippen LogP contribution in [0.1, 0.15) is 0 Å². The summed E-state index contributed by atoms with van der Waals surface area (Å²) >= 11 is 3.79. The molecule has 34 valence electrons. The van der Waals surface area contributed by atoms with Gasteiger partial charge in [0.1, 0.15) is 0 Å². The quantitative estimate of drug-likeness (QED) is 0.475. The molecule has 0 aromatic heterocycles. The molecule has 2 radical (unpaired) electrons. The maximum atomic E-state index is 2.22. The molecule has 0 N–H and O–H groups in total. The summed E-state index contributed by atoms with van der Waals surface area (Å²) < 4.78 is 0. The summed E-state index contributed by atoms with van der Waals surface area (Å²) in [6.07, 6.45) is 0. The van der Waals surface area contributed by atoms with Crippen LogP contribution in [-0.2, 0) is 0 Å². The van der Waals surface area contributed by atoms with Crippen molar-refractivity contribution in [1.82, 2.24) is 0 Å². The van der Waals surface area contributed by atoms with Crippen LogP contribution in [0.4, 0.5) is 0 Å². The molecular weight excluding hydrogens is 112 g/mol. The molecule has 0 bridgehead atoms. The number of rotatable bonds is 0. The van der Waals surface area contributed by atoms with Crippen LogP contribution in [0, 0.1) is 11.5 Å². The van der Waals surface area contributed by atoms with Crippen molar-refractivity contribution in [1.29, 1.82) is 0 Å². The van der Waals surface area contributed by atoms with E-state index in [-0.39, 0.29) is 0 Å². The molecule has 1 heterocycles. The van der Waals surface area contributed by atoms with E-state index in [9.17, 15) is 0 Å². The van der Waals surface area contributed by atoms with Crippen molar-refractivity contribution in [2.75, 3.05) is 11.5 Å². The van der Waals surface area contributed by atoms with Gasteiger partial charge in [0.25, 0.3) is 0 Å². The van der Waals surface area contributed by atoms with Gasteiger partial charge in [0.05, 0.1) is 0 Å². The molecule has 0 spiro atoms. The maximum absolute atomic E-state index is 2.22. The zero-order chi connectivity index (χ0) is 4.24. The van der Waals surface area contributed by atoms with Crippen LogP contribution in [0.5, 0.6) is 0 Å². The van der Waals surface area contributed by atoms with Gasteiger partial charge >= 0.3 is 0 Å². The van der Waals surface area contributed by atoms with Gasteiger partial charge in [-0.3, -0.25) is 0 Å². The molecule has 1 aliphatic heterocycles. The van der Waals surface area contributed by atoms with Crippen molar-refractivity contribution in [3.05, 3.63) is 11.5 Å². The van der Waals surface area contributed by atoms with Crippen molar-refractivity contribution in [3.8, 4) is 0 Å². The third kappa shape index (κ3) is 1.43. The summed E-state index contributed by atoms with van der Waals surface area (Å²) in [6, 6.07) is 0. The predicted octanol–water partition coefficient (Wildman–Crippen LogP) is 1.79. The Morgan fingerprint density at radius 3 is 2.00 bits per heavy atom. The average molecular weight is 118 g/mol. The standard InChI is InChI=1S/C4H6S2/c1-2-6-4-3-5-1/h1,3H,2,4H2. The Morgan fingerprint density at radius 2 is 1.83 bits per heavy atom. The van der Waals surface area contributed by atoms with E-state index < -0.39 is 0 Å². The summed E-state index contributed by atoms with van der Waals surface area (Å²) in [6.45, 7) is 0. The zero-order valence-electron chi connectivity index (χ0n) is 3.39. The summed E-state index contributed by atoms with van der Waals surface area (Å²) in [5.74, 6) is 6.88. The van der Waals surface area contributed by atoms with E-state index in [1.807, 2.05) is 23.5 Å². The van der Waals surface area contributed by atoms with Crippen LogP contribution in [0.2, 0.25) is 0 Å². The first-order valence-electron chi connectivity index (χ1n) is 1.87. The van der Waals surface area contributed by atoms with Crippen molar-refractivity contribution in [2.45, 2.75) is 0 Å². The minimum atomic E-state index is 1.22. The smallest absolute Gasteiger partial charge is 0.0268 e. The van der Waals surface area contributed by atoms with Gasteiger partial charge in [0.15, 0.2) is 0 Å². The van der Waals surface area contributed by atoms with Crippen LogP contribution < -0.4 is 0 Å². The van der Waals surface area contributed by atoms with Crippen LogP contribution in [0.15, 0.2) is 0 Å². The van der Waals surface area contributed by atoms with Gasteiger partial charge in [-0.25, -0.2) is 0 Å². The van der Waals surface area contributed by atoms with Gasteiger partial charge in [-0.15, -0.1) is 0 Å². The molecule has 2 heteroatoms. The average Bonchev–Trinajstić information content (AvgIpc) is 1.72. The molecule has 0 aromatic carbocycles. The molecule has 0 atom stereocenters. The lowest BCUT2D eigenvalue weighted by atomic mass is 10.9. The topological polar surface area (TPSA) is 0 Å². The maximum Gasteiger partial charge on any atom is 0.0268 e. The molecule has 0 aliphatic carbocycles. The van der Waals surface area contributed by atoms with Gasteiger partial charge in [0, 0.05) is 23.0 Å². The summed E-state index contributed by atoms with van der Waals surface area (Å²) in [4.78, 5) is 0. The SMILES string of the molecule is [CH]1CSC[CH]S1. The van der Waals surface area contributed by atoms with E-state index in [2.05, 4.69) is 11.5 Å². The third-order valence-corrected chi connectivity index (χ3v) is 2.51.